The molecule has 0 atom stereocenters. The van der Waals surface area contributed by atoms with Crippen molar-refractivity contribution in [1.29, 1.82) is 0 Å². The third-order valence-corrected chi connectivity index (χ3v) is 3.88. The van der Waals surface area contributed by atoms with Crippen molar-refractivity contribution < 1.29 is 13.2 Å². The molecule has 0 aliphatic carbocycles. The van der Waals surface area contributed by atoms with Crippen molar-refractivity contribution >= 4 is 34.7 Å². The lowest BCUT2D eigenvalue weighted by molar-refractivity contribution is -0.137. The lowest BCUT2D eigenvalue weighted by Gasteiger charge is -2.10. The van der Waals surface area contributed by atoms with Gasteiger partial charge in [0.25, 0.3) is 0 Å². The minimum atomic E-state index is -4.38. The van der Waals surface area contributed by atoms with E-state index in [9.17, 15) is 13.2 Å². The van der Waals surface area contributed by atoms with E-state index in [1.54, 1.807) is 6.07 Å². The average Bonchev–Trinajstić information content (AvgIpc) is 2.58. The molecule has 0 fully saturated rings. The molecule has 0 amide bonds. The molecule has 0 spiro atoms. The highest BCUT2D eigenvalue weighted by Crippen LogP contribution is 2.30. The van der Waals surface area contributed by atoms with Gasteiger partial charge >= 0.3 is 6.18 Å². The second-order valence-electron chi connectivity index (χ2n) is 5.45. The largest absolute Gasteiger partial charge is 0.416 e. The molecule has 2 N–H and O–H groups in total. The van der Waals surface area contributed by atoms with E-state index in [-0.39, 0.29) is 5.95 Å². The van der Waals surface area contributed by atoms with Gasteiger partial charge in [-0.15, -0.1) is 5.10 Å². The van der Waals surface area contributed by atoms with Crippen LogP contribution in [0, 0.1) is 6.92 Å². The molecule has 0 unspecified atom stereocenters. The molecule has 9 heteroatoms. The maximum absolute atomic E-state index is 12.6. The van der Waals surface area contributed by atoms with E-state index in [0.717, 1.165) is 23.4 Å². The summed E-state index contributed by atoms with van der Waals surface area (Å²) in [6.07, 6.45) is -2.96. The molecule has 134 valence electrons. The highest BCUT2D eigenvalue weighted by Gasteiger charge is 2.29. The SMILES string of the molecule is Cc1ccc(Nc2cnnc(Nc3ccc(C(F)(F)F)cc3)n2)cc1Cl. The molecule has 3 aromatic rings. The molecule has 0 saturated carbocycles. The zero-order valence-corrected chi connectivity index (χ0v) is 14.2. The molecule has 0 radical (unpaired) electrons. The molecular weight excluding hydrogens is 367 g/mol. The number of halogens is 4. The van der Waals surface area contributed by atoms with Crippen LogP contribution < -0.4 is 10.6 Å². The first kappa shape index (κ1) is 17.9. The minimum Gasteiger partial charge on any atom is -0.339 e. The molecule has 3 rings (SSSR count). The maximum Gasteiger partial charge on any atom is 0.416 e. The smallest absolute Gasteiger partial charge is 0.339 e. The topological polar surface area (TPSA) is 62.7 Å². The first-order valence-corrected chi connectivity index (χ1v) is 7.86. The fourth-order valence-electron chi connectivity index (χ4n) is 2.11. The molecule has 26 heavy (non-hydrogen) atoms. The summed E-state index contributed by atoms with van der Waals surface area (Å²) in [6.45, 7) is 1.89. The fraction of sp³-hybridized carbons (Fsp3) is 0.118. The van der Waals surface area contributed by atoms with Crippen LogP contribution in [-0.4, -0.2) is 15.2 Å². The number of aromatic nitrogens is 3. The second kappa shape index (κ2) is 7.17. The summed E-state index contributed by atoms with van der Waals surface area (Å²) in [5.74, 6) is 0.558. The zero-order chi connectivity index (χ0) is 18.7. The Kier molecular flexibility index (Phi) is 4.94. The summed E-state index contributed by atoms with van der Waals surface area (Å²) in [7, 11) is 0. The van der Waals surface area contributed by atoms with Crippen LogP contribution in [0.3, 0.4) is 0 Å². The maximum atomic E-state index is 12.6. The fourth-order valence-corrected chi connectivity index (χ4v) is 2.29. The van der Waals surface area contributed by atoms with Gasteiger partial charge in [0.15, 0.2) is 5.82 Å². The predicted molar refractivity (Wildman–Crippen MR) is 94.0 cm³/mol. The minimum absolute atomic E-state index is 0.146. The van der Waals surface area contributed by atoms with Gasteiger partial charge in [-0.2, -0.15) is 23.3 Å². The van der Waals surface area contributed by atoms with Gasteiger partial charge in [-0.1, -0.05) is 17.7 Å². The Morgan fingerprint density at radius 1 is 0.962 bits per heavy atom. The van der Waals surface area contributed by atoms with Crippen molar-refractivity contribution in [2.45, 2.75) is 13.1 Å². The molecule has 0 aliphatic rings. The Morgan fingerprint density at radius 3 is 2.31 bits per heavy atom. The second-order valence-corrected chi connectivity index (χ2v) is 5.86. The Balaban J connectivity index is 1.73. The molecule has 1 aromatic heterocycles. The monoisotopic (exact) mass is 379 g/mol. The number of anilines is 4. The van der Waals surface area contributed by atoms with Crippen molar-refractivity contribution in [3.63, 3.8) is 0 Å². The van der Waals surface area contributed by atoms with Crippen LogP contribution in [0.5, 0.6) is 0 Å². The van der Waals surface area contributed by atoms with Crippen molar-refractivity contribution in [3.05, 3.63) is 64.8 Å². The van der Waals surface area contributed by atoms with Crippen molar-refractivity contribution in [2.24, 2.45) is 0 Å². The number of hydrogen-bond donors (Lipinski definition) is 2. The van der Waals surface area contributed by atoms with Crippen molar-refractivity contribution in [2.75, 3.05) is 10.6 Å². The van der Waals surface area contributed by atoms with Crippen LogP contribution in [0.25, 0.3) is 0 Å². The van der Waals surface area contributed by atoms with E-state index in [1.165, 1.54) is 18.3 Å². The number of aryl methyl sites for hydroxylation is 1. The van der Waals surface area contributed by atoms with Crippen LogP contribution >= 0.6 is 11.6 Å². The van der Waals surface area contributed by atoms with Crippen molar-refractivity contribution in [1.82, 2.24) is 15.2 Å². The standard InChI is InChI=1S/C17H13ClF3N5/c1-10-2-5-13(8-14(10)18)23-15-9-22-26-16(25-15)24-12-6-3-11(4-7-12)17(19,20)21/h2-9H,1H3,(H2,23,24,25,26). The molecule has 0 aliphatic heterocycles. The van der Waals surface area contributed by atoms with Gasteiger partial charge in [-0.25, -0.2) is 0 Å². The van der Waals surface area contributed by atoms with E-state index in [4.69, 9.17) is 11.6 Å². The van der Waals surface area contributed by atoms with Crippen LogP contribution in [0.1, 0.15) is 11.1 Å². The van der Waals surface area contributed by atoms with Gasteiger partial charge < -0.3 is 10.6 Å². The molecule has 0 bridgehead atoms. The quantitative estimate of drug-likeness (QED) is 0.640. The van der Waals surface area contributed by atoms with Gasteiger partial charge in [0.2, 0.25) is 5.95 Å². The summed E-state index contributed by atoms with van der Waals surface area (Å²) in [5, 5.41) is 14.1. The van der Waals surface area contributed by atoms with E-state index < -0.39 is 11.7 Å². The predicted octanol–water partition coefficient (Wildman–Crippen LogP) is 5.34. The van der Waals surface area contributed by atoms with E-state index >= 15 is 0 Å². The zero-order valence-electron chi connectivity index (χ0n) is 13.5. The van der Waals surface area contributed by atoms with Crippen LogP contribution in [-0.2, 0) is 6.18 Å². The van der Waals surface area contributed by atoms with Crippen LogP contribution in [0.2, 0.25) is 5.02 Å². The summed E-state index contributed by atoms with van der Waals surface area (Å²) in [5.41, 5.74) is 1.35. The third-order valence-electron chi connectivity index (χ3n) is 3.47. The number of rotatable bonds is 4. The Bertz CT molecular complexity index is 913. The van der Waals surface area contributed by atoms with E-state index in [2.05, 4.69) is 25.8 Å². The van der Waals surface area contributed by atoms with Gasteiger partial charge in [-0.05, 0) is 48.9 Å². The molecule has 5 nitrogen and oxygen atoms in total. The Labute approximate surface area is 152 Å². The van der Waals surface area contributed by atoms with Crippen LogP contribution in [0.4, 0.5) is 36.3 Å². The number of alkyl halides is 3. The van der Waals surface area contributed by atoms with E-state index in [0.29, 0.717) is 16.5 Å². The van der Waals surface area contributed by atoms with Crippen LogP contribution in [0.15, 0.2) is 48.7 Å². The van der Waals surface area contributed by atoms with Gasteiger partial charge in [0.1, 0.15) is 0 Å². The first-order valence-electron chi connectivity index (χ1n) is 7.48. The summed E-state index contributed by atoms with van der Waals surface area (Å²) < 4.78 is 37.8. The summed E-state index contributed by atoms with van der Waals surface area (Å²) in [4.78, 5) is 4.23. The Hall–Kier alpha value is -2.87. The molecule has 0 saturated heterocycles. The average molecular weight is 380 g/mol. The first-order chi connectivity index (χ1) is 12.3. The highest BCUT2D eigenvalue weighted by molar-refractivity contribution is 6.31. The van der Waals surface area contributed by atoms with Gasteiger partial charge in [-0.3, -0.25) is 0 Å². The lowest BCUT2D eigenvalue weighted by atomic mass is 10.2. The number of nitrogens with one attached hydrogen (secondary N) is 2. The normalized spacial score (nSPS) is 11.3. The number of hydrogen-bond acceptors (Lipinski definition) is 5. The highest BCUT2D eigenvalue weighted by atomic mass is 35.5. The van der Waals surface area contributed by atoms with Crippen molar-refractivity contribution in [3.8, 4) is 0 Å². The summed E-state index contributed by atoms with van der Waals surface area (Å²) in [6, 6.07) is 10.0. The number of benzene rings is 2. The molecule has 1 heterocycles. The lowest BCUT2D eigenvalue weighted by Crippen LogP contribution is -2.05. The molecular formula is C17H13ClF3N5. The van der Waals surface area contributed by atoms with Gasteiger partial charge in [0.05, 0.1) is 11.8 Å². The summed E-state index contributed by atoms with van der Waals surface area (Å²) >= 11 is 6.08. The van der Waals surface area contributed by atoms with Gasteiger partial charge in [0, 0.05) is 16.4 Å². The third kappa shape index (κ3) is 4.40. The van der Waals surface area contributed by atoms with E-state index in [1.807, 2.05) is 19.1 Å². The number of nitrogens with zero attached hydrogens (tertiary/aromatic N) is 3. The molecule has 2 aromatic carbocycles. The Morgan fingerprint density at radius 2 is 1.65 bits per heavy atom.